The van der Waals surface area contributed by atoms with Gasteiger partial charge in [0, 0.05) is 45.5 Å². The van der Waals surface area contributed by atoms with Gasteiger partial charge in [0.1, 0.15) is 0 Å². The zero-order valence-electron chi connectivity index (χ0n) is 13.8. The molecule has 1 aliphatic heterocycles. The van der Waals surface area contributed by atoms with Crippen LogP contribution in [-0.2, 0) is 11.3 Å². The normalized spacial score (nSPS) is 17.9. The van der Waals surface area contributed by atoms with Crippen molar-refractivity contribution in [1.29, 1.82) is 0 Å². The van der Waals surface area contributed by atoms with Crippen LogP contribution in [0.1, 0.15) is 35.2 Å². The summed E-state index contributed by atoms with van der Waals surface area (Å²) in [6, 6.07) is 7.38. The molecule has 126 valence electrons. The summed E-state index contributed by atoms with van der Waals surface area (Å²) in [7, 11) is 3.38. The van der Waals surface area contributed by atoms with E-state index in [0.717, 1.165) is 31.4 Å². The van der Waals surface area contributed by atoms with Gasteiger partial charge in [-0.15, -0.1) is 0 Å². The molecule has 2 N–H and O–H groups in total. The van der Waals surface area contributed by atoms with Gasteiger partial charge in [-0.3, -0.25) is 4.79 Å². The quantitative estimate of drug-likeness (QED) is 0.888. The molecule has 0 aromatic heterocycles. The highest BCUT2D eigenvalue weighted by molar-refractivity contribution is 5.93. The van der Waals surface area contributed by atoms with Crippen LogP contribution in [0.2, 0.25) is 0 Å². The van der Waals surface area contributed by atoms with E-state index < -0.39 is 0 Å². The molecule has 0 aliphatic carbocycles. The Labute approximate surface area is 137 Å². The maximum absolute atomic E-state index is 12.3. The standard InChI is InChI=1S/C17H25N3O3/c1-18-16(21)14-7-5-13(6-8-14)12-20(2)17(22)19-15-4-3-10-23-11-9-15/h5-8,15H,3-4,9-12H2,1-2H3,(H,18,21)(H,19,22). The second-order valence-corrected chi connectivity index (χ2v) is 5.82. The second kappa shape index (κ2) is 8.53. The number of ether oxygens (including phenoxy) is 1. The third-order valence-electron chi connectivity index (χ3n) is 3.99. The number of carbonyl (C=O) groups is 2. The van der Waals surface area contributed by atoms with E-state index in [0.29, 0.717) is 18.7 Å². The Bertz CT molecular complexity index is 522. The van der Waals surface area contributed by atoms with Crippen LogP contribution < -0.4 is 10.6 Å². The third-order valence-corrected chi connectivity index (χ3v) is 3.99. The van der Waals surface area contributed by atoms with E-state index >= 15 is 0 Å². The average Bonchev–Trinajstić information content (AvgIpc) is 2.83. The predicted octanol–water partition coefficient (Wildman–Crippen LogP) is 1.76. The van der Waals surface area contributed by atoms with E-state index in [2.05, 4.69) is 10.6 Å². The fraction of sp³-hybridized carbons (Fsp3) is 0.529. The zero-order chi connectivity index (χ0) is 16.7. The van der Waals surface area contributed by atoms with E-state index in [1.165, 1.54) is 0 Å². The highest BCUT2D eigenvalue weighted by Crippen LogP contribution is 2.10. The Morgan fingerprint density at radius 3 is 2.65 bits per heavy atom. The topological polar surface area (TPSA) is 70.7 Å². The Morgan fingerprint density at radius 1 is 1.22 bits per heavy atom. The number of hydrogen-bond donors (Lipinski definition) is 2. The van der Waals surface area contributed by atoms with Gasteiger partial charge >= 0.3 is 6.03 Å². The summed E-state index contributed by atoms with van der Waals surface area (Å²) in [5, 5.41) is 5.65. The molecule has 1 aromatic carbocycles. The van der Waals surface area contributed by atoms with Gasteiger partial charge in [0.25, 0.3) is 5.91 Å². The van der Waals surface area contributed by atoms with Crippen LogP contribution in [0.25, 0.3) is 0 Å². The van der Waals surface area contributed by atoms with Crippen LogP contribution in [-0.4, -0.2) is 50.2 Å². The van der Waals surface area contributed by atoms with E-state index in [1.54, 1.807) is 31.1 Å². The SMILES string of the molecule is CNC(=O)c1ccc(CN(C)C(=O)NC2CCCOCC2)cc1. The van der Waals surface area contributed by atoms with Crippen molar-refractivity contribution >= 4 is 11.9 Å². The summed E-state index contributed by atoms with van der Waals surface area (Å²) < 4.78 is 5.40. The number of amides is 3. The van der Waals surface area contributed by atoms with Crippen LogP contribution in [0.15, 0.2) is 24.3 Å². The maximum atomic E-state index is 12.3. The van der Waals surface area contributed by atoms with Crippen molar-refractivity contribution in [3.05, 3.63) is 35.4 Å². The van der Waals surface area contributed by atoms with Gasteiger partial charge in [-0.25, -0.2) is 4.79 Å². The van der Waals surface area contributed by atoms with E-state index in [1.807, 2.05) is 12.1 Å². The van der Waals surface area contributed by atoms with E-state index in [-0.39, 0.29) is 18.0 Å². The largest absolute Gasteiger partial charge is 0.381 e. The number of nitrogens with zero attached hydrogens (tertiary/aromatic N) is 1. The molecule has 1 atom stereocenters. The lowest BCUT2D eigenvalue weighted by Crippen LogP contribution is -2.42. The molecule has 6 nitrogen and oxygen atoms in total. The molecule has 2 rings (SSSR count). The van der Waals surface area contributed by atoms with Gasteiger partial charge in [0.05, 0.1) is 0 Å². The molecule has 3 amide bonds. The lowest BCUT2D eigenvalue weighted by Gasteiger charge is -2.22. The Balaban J connectivity index is 1.86. The minimum atomic E-state index is -0.113. The predicted molar refractivity (Wildman–Crippen MR) is 88.3 cm³/mol. The summed E-state index contributed by atoms with van der Waals surface area (Å²) in [6.45, 7) is 1.98. The van der Waals surface area contributed by atoms with Crippen molar-refractivity contribution in [3.8, 4) is 0 Å². The molecule has 0 radical (unpaired) electrons. The maximum Gasteiger partial charge on any atom is 0.317 e. The van der Waals surface area contributed by atoms with Crippen molar-refractivity contribution in [2.45, 2.75) is 31.8 Å². The Kier molecular flexibility index (Phi) is 6.40. The lowest BCUT2D eigenvalue weighted by atomic mass is 10.1. The second-order valence-electron chi connectivity index (χ2n) is 5.82. The first-order valence-electron chi connectivity index (χ1n) is 8.00. The van der Waals surface area contributed by atoms with Gasteiger partial charge in [0.2, 0.25) is 0 Å². The average molecular weight is 319 g/mol. The Hall–Kier alpha value is -2.08. The van der Waals surface area contributed by atoms with Gasteiger partial charge in [0.15, 0.2) is 0 Å². The van der Waals surface area contributed by atoms with Crippen LogP contribution >= 0.6 is 0 Å². The number of benzene rings is 1. The van der Waals surface area contributed by atoms with Crippen molar-refractivity contribution in [2.75, 3.05) is 27.3 Å². The van der Waals surface area contributed by atoms with Crippen molar-refractivity contribution in [2.24, 2.45) is 0 Å². The molecule has 0 spiro atoms. The van der Waals surface area contributed by atoms with Crippen LogP contribution in [0.3, 0.4) is 0 Å². The molecule has 1 aliphatic rings. The first-order valence-corrected chi connectivity index (χ1v) is 8.00. The molecular formula is C17H25N3O3. The van der Waals surface area contributed by atoms with Crippen LogP contribution in [0.4, 0.5) is 4.79 Å². The highest BCUT2D eigenvalue weighted by atomic mass is 16.5. The monoisotopic (exact) mass is 319 g/mol. The number of carbonyl (C=O) groups excluding carboxylic acids is 2. The van der Waals surface area contributed by atoms with Crippen molar-refractivity contribution in [1.82, 2.24) is 15.5 Å². The molecule has 1 saturated heterocycles. The Morgan fingerprint density at radius 2 is 1.96 bits per heavy atom. The molecule has 0 bridgehead atoms. The minimum Gasteiger partial charge on any atom is -0.381 e. The molecule has 1 aromatic rings. The summed E-state index contributed by atoms with van der Waals surface area (Å²) in [5.41, 5.74) is 1.60. The van der Waals surface area contributed by atoms with E-state index in [9.17, 15) is 9.59 Å². The fourth-order valence-electron chi connectivity index (χ4n) is 2.58. The molecule has 23 heavy (non-hydrogen) atoms. The molecule has 1 heterocycles. The first-order chi connectivity index (χ1) is 11.1. The summed E-state index contributed by atoms with van der Waals surface area (Å²) >= 11 is 0. The molecule has 0 saturated carbocycles. The molecule has 1 fully saturated rings. The summed E-state index contributed by atoms with van der Waals surface area (Å²) in [5.74, 6) is -0.113. The summed E-state index contributed by atoms with van der Waals surface area (Å²) in [4.78, 5) is 25.4. The van der Waals surface area contributed by atoms with Gasteiger partial charge in [-0.1, -0.05) is 12.1 Å². The zero-order valence-corrected chi connectivity index (χ0v) is 13.8. The van der Waals surface area contributed by atoms with Crippen molar-refractivity contribution in [3.63, 3.8) is 0 Å². The number of urea groups is 1. The molecule has 6 heteroatoms. The minimum absolute atomic E-state index is 0.0766. The van der Waals surface area contributed by atoms with Crippen LogP contribution in [0, 0.1) is 0 Å². The van der Waals surface area contributed by atoms with Gasteiger partial charge in [-0.05, 0) is 37.0 Å². The summed E-state index contributed by atoms with van der Waals surface area (Å²) in [6.07, 6.45) is 2.80. The highest BCUT2D eigenvalue weighted by Gasteiger charge is 2.17. The smallest absolute Gasteiger partial charge is 0.317 e. The van der Waals surface area contributed by atoms with Crippen molar-refractivity contribution < 1.29 is 14.3 Å². The molecule has 1 unspecified atom stereocenters. The lowest BCUT2D eigenvalue weighted by molar-refractivity contribution is 0.0963. The number of nitrogens with one attached hydrogen (secondary N) is 2. The van der Waals surface area contributed by atoms with E-state index in [4.69, 9.17) is 4.74 Å². The van der Waals surface area contributed by atoms with Gasteiger partial charge < -0.3 is 20.3 Å². The number of hydrogen-bond acceptors (Lipinski definition) is 3. The van der Waals surface area contributed by atoms with Gasteiger partial charge in [-0.2, -0.15) is 0 Å². The first kappa shape index (κ1) is 17.3. The number of rotatable bonds is 4. The van der Waals surface area contributed by atoms with Crippen LogP contribution in [0.5, 0.6) is 0 Å². The third kappa shape index (κ3) is 5.25. The fourth-order valence-corrected chi connectivity index (χ4v) is 2.58. The molecular weight excluding hydrogens is 294 g/mol.